The highest BCUT2D eigenvalue weighted by Crippen LogP contribution is 2.35. The zero-order valence-electron chi connectivity index (χ0n) is 10.2. The van der Waals surface area contributed by atoms with Crippen LogP contribution >= 0.6 is 11.6 Å². The molecule has 9 nitrogen and oxygen atoms in total. The van der Waals surface area contributed by atoms with Crippen molar-refractivity contribution in [3.8, 4) is 0 Å². The van der Waals surface area contributed by atoms with Gasteiger partial charge in [-0.3, -0.25) is 4.57 Å². The van der Waals surface area contributed by atoms with Crippen molar-refractivity contribution >= 4 is 34.5 Å². The van der Waals surface area contributed by atoms with Gasteiger partial charge in [-0.05, 0) is 0 Å². The molecule has 0 bridgehead atoms. The number of aliphatic hydroxyl groups excluding tert-OH is 2. The number of hydrogen-bond acceptors (Lipinski definition) is 8. The Bertz CT molecular complexity index is 649. The van der Waals surface area contributed by atoms with E-state index >= 15 is 0 Å². The molecule has 2 aromatic rings. The van der Waals surface area contributed by atoms with Gasteiger partial charge in [-0.25, -0.2) is 4.98 Å². The number of halogens is 1. The van der Waals surface area contributed by atoms with E-state index in [0.29, 0.717) is 11.2 Å². The van der Waals surface area contributed by atoms with Gasteiger partial charge in [0.05, 0.1) is 12.9 Å². The third kappa shape index (κ3) is 1.86. The van der Waals surface area contributed by atoms with E-state index in [0.717, 1.165) is 0 Å². The first-order valence-electron chi connectivity index (χ1n) is 5.87. The average molecular weight is 301 g/mol. The van der Waals surface area contributed by atoms with Gasteiger partial charge in [-0.2, -0.15) is 9.97 Å². The summed E-state index contributed by atoms with van der Waals surface area (Å²) in [4.78, 5) is 12.0. The van der Waals surface area contributed by atoms with Gasteiger partial charge in [-0.15, -0.1) is 11.6 Å². The van der Waals surface area contributed by atoms with Gasteiger partial charge in [-0.1, -0.05) is 0 Å². The zero-order chi connectivity index (χ0) is 14.4. The summed E-state index contributed by atoms with van der Waals surface area (Å²) < 4.78 is 7.03. The topological polar surface area (TPSA) is 145 Å². The third-order valence-electron chi connectivity index (χ3n) is 3.21. The molecule has 3 rings (SSSR count). The minimum atomic E-state index is -0.999. The van der Waals surface area contributed by atoms with Gasteiger partial charge >= 0.3 is 0 Å². The fraction of sp³-hybridized carbons (Fsp3) is 0.500. The molecule has 10 heteroatoms. The molecule has 1 saturated heterocycles. The van der Waals surface area contributed by atoms with Crippen molar-refractivity contribution in [1.82, 2.24) is 19.5 Å². The Labute approximate surface area is 118 Å². The number of nitrogens with two attached hydrogens (primary N) is 2. The molecule has 0 aliphatic carbocycles. The van der Waals surface area contributed by atoms with E-state index in [9.17, 15) is 5.11 Å². The van der Waals surface area contributed by atoms with Gasteiger partial charge in [0.1, 0.15) is 23.1 Å². The van der Waals surface area contributed by atoms with Crippen molar-refractivity contribution in [2.24, 2.45) is 0 Å². The molecular weight excluding hydrogens is 288 g/mol. The molecule has 1 aliphatic rings. The maximum absolute atomic E-state index is 9.88. The highest BCUT2D eigenvalue weighted by Gasteiger charge is 2.43. The molecule has 0 radical (unpaired) electrons. The van der Waals surface area contributed by atoms with E-state index in [2.05, 4.69) is 15.0 Å². The van der Waals surface area contributed by atoms with Crippen LogP contribution in [0.3, 0.4) is 0 Å². The lowest BCUT2D eigenvalue weighted by atomic mass is 10.2. The van der Waals surface area contributed by atoms with Crippen molar-refractivity contribution in [2.45, 2.75) is 23.8 Å². The fourth-order valence-corrected chi connectivity index (χ4v) is 2.56. The summed E-state index contributed by atoms with van der Waals surface area (Å²) in [5.74, 6) is 0.148. The second-order valence-electron chi connectivity index (χ2n) is 4.47. The zero-order valence-corrected chi connectivity index (χ0v) is 11.0. The van der Waals surface area contributed by atoms with Gasteiger partial charge in [0, 0.05) is 0 Å². The number of anilines is 2. The molecule has 2 aromatic heterocycles. The van der Waals surface area contributed by atoms with Crippen LogP contribution < -0.4 is 11.5 Å². The first-order valence-corrected chi connectivity index (χ1v) is 6.30. The minimum absolute atomic E-state index is 0.000117. The second kappa shape index (κ2) is 4.70. The first-order chi connectivity index (χ1) is 9.52. The molecule has 108 valence electrons. The fourth-order valence-electron chi connectivity index (χ4n) is 2.22. The lowest BCUT2D eigenvalue weighted by Crippen LogP contribution is -2.29. The number of nitrogen functional groups attached to an aromatic ring is 2. The molecule has 0 aromatic carbocycles. The molecule has 1 fully saturated rings. The number of rotatable bonds is 2. The molecule has 0 saturated carbocycles. The largest absolute Gasteiger partial charge is 0.394 e. The molecule has 4 unspecified atom stereocenters. The van der Waals surface area contributed by atoms with Crippen LogP contribution in [0.5, 0.6) is 0 Å². The van der Waals surface area contributed by atoms with Gasteiger partial charge in [0.2, 0.25) is 5.95 Å². The predicted molar refractivity (Wildman–Crippen MR) is 70.8 cm³/mol. The smallest absolute Gasteiger partial charge is 0.224 e. The number of ether oxygens (including phenoxy) is 1. The van der Waals surface area contributed by atoms with Crippen LogP contribution in [-0.2, 0) is 4.74 Å². The summed E-state index contributed by atoms with van der Waals surface area (Å²) in [5.41, 5.74) is 12.0. The number of alkyl halides is 1. The lowest BCUT2D eigenvalue weighted by Gasteiger charge is -2.16. The van der Waals surface area contributed by atoms with E-state index in [1.54, 1.807) is 0 Å². The summed E-state index contributed by atoms with van der Waals surface area (Å²) >= 11 is 6.13. The molecule has 20 heavy (non-hydrogen) atoms. The highest BCUT2D eigenvalue weighted by atomic mass is 35.5. The summed E-state index contributed by atoms with van der Waals surface area (Å²) in [6.07, 6.45) is -1.07. The van der Waals surface area contributed by atoms with E-state index in [1.807, 2.05) is 0 Å². The molecule has 4 atom stereocenters. The Kier molecular flexibility index (Phi) is 3.13. The molecule has 0 amide bonds. The van der Waals surface area contributed by atoms with E-state index in [-0.39, 0.29) is 18.4 Å². The molecule has 0 spiro atoms. The number of hydrogen-bond donors (Lipinski definition) is 4. The summed E-state index contributed by atoms with van der Waals surface area (Å²) in [6.45, 7) is -0.340. The minimum Gasteiger partial charge on any atom is -0.394 e. The third-order valence-corrected chi connectivity index (χ3v) is 3.69. The van der Waals surface area contributed by atoms with Crippen molar-refractivity contribution in [3.05, 3.63) is 6.33 Å². The van der Waals surface area contributed by atoms with Crippen LogP contribution in [0.1, 0.15) is 6.23 Å². The SMILES string of the molecule is Nc1nc(N)c2ncn(C3OC(CO)C(O)C3Cl)c2n1. The second-order valence-corrected chi connectivity index (χ2v) is 4.98. The molecule has 6 N–H and O–H groups in total. The van der Waals surface area contributed by atoms with Crippen molar-refractivity contribution in [2.75, 3.05) is 18.1 Å². The molecular formula is C10H13ClN6O3. The molecule has 1 aliphatic heterocycles. The number of fused-ring (bicyclic) bond motifs is 1. The number of nitrogens with zero attached hydrogens (tertiary/aromatic N) is 4. The van der Waals surface area contributed by atoms with Gasteiger partial charge < -0.3 is 26.4 Å². The van der Waals surface area contributed by atoms with Gasteiger partial charge in [0.15, 0.2) is 17.7 Å². The van der Waals surface area contributed by atoms with Crippen molar-refractivity contribution in [3.63, 3.8) is 0 Å². The standard InChI is InChI=1S/C10H13ClN6O3/c11-4-6(19)3(1-18)20-9(4)17-2-14-5-7(12)15-10(13)16-8(5)17/h2-4,6,9,18-19H,1H2,(H4,12,13,15,16). The Morgan fingerprint density at radius 2 is 2.15 bits per heavy atom. The normalized spacial score (nSPS) is 30.1. The van der Waals surface area contributed by atoms with Crippen LogP contribution in [0.2, 0.25) is 0 Å². The maximum Gasteiger partial charge on any atom is 0.224 e. The van der Waals surface area contributed by atoms with Crippen LogP contribution in [0.4, 0.5) is 11.8 Å². The molecule has 3 heterocycles. The predicted octanol–water partition coefficient (Wildman–Crippen LogP) is -1.15. The van der Waals surface area contributed by atoms with Crippen molar-refractivity contribution in [1.29, 1.82) is 0 Å². The Morgan fingerprint density at radius 3 is 2.80 bits per heavy atom. The summed E-state index contributed by atoms with van der Waals surface area (Å²) in [5, 5.41) is 18.2. The van der Waals surface area contributed by atoms with Crippen LogP contribution in [0.25, 0.3) is 11.2 Å². The van der Waals surface area contributed by atoms with Gasteiger partial charge in [0.25, 0.3) is 0 Å². The van der Waals surface area contributed by atoms with E-state index in [4.69, 9.17) is 32.9 Å². The Morgan fingerprint density at radius 1 is 1.40 bits per heavy atom. The number of imidazole rings is 1. The monoisotopic (exact) mass is 300 g/mol. The maximum atomic E-state index is 9.88. The van der Waals surface area contributed by atoms with Crippen LogP contribution in [0.15, 0.2) is 6.33 Å². The summed E-state index contributed by atoms with van der Waals surface area (Å²) in [6, 6.07) is 0. The van der Waals surface area contributed by atoms with E-state index in [1.165, 1.54) is 10.9 Å². The first kappa shape index (κ1) is 13.3. The number of aromatic nitrogens is 4. The lowest BCUT2D eigenvalue weighted by molar-refractivity contribution is -0.0431. The highest BCUT2D eigenvalue weighted by molar-refractivity contribution is 6.21. The Hall–Kier alpha value is -1.68. The van der Waals surface area contributed by atoms with Crippen LogP contribution in [0, 0.1) is 0 Å². The van der Waals surface area contributed by atoms with E-state index < -0.39 is 23.8 Å². The van der Waals surface area contributed by atoms with Crippen LogP contribution in [-0.4, -0.2) is 53.9 Å². The number of aliphatic hydroxyl groups is 2. The summed E-state index contributed by atoms with van der Waals surface area (Å²) in [7, 11) is 0. The van der Waals surface area contributed by atoms with Crippen molar-refractivity contribution < 1.29 is 14.9 Å². The Balaban J connectivity index is 2.07. The quantitative estimate of drug-likeness (QED) is 0.509. The average Bonchev–Trinajstić information content (AvgIpc) is 2.93.